The normalized spacial score (nSPS) is 12.4. The maximum atomic E-state index is 2.47. The molecule has 0 fully saturated rings. The molecule has 0 radical (unpaired) electrons. The Morgan fingerprint density at radius 3 is 1.44 bits per heavy atom. The molecule has 0 spiro atoms. The van der Waals surface area contributed by atoms with Gasteiger partial charge in [-0.3, -0.25) is 0 Å². The Morgan fingerprint density at radius 1 is 0.257 bits per heavy atom. The van der Waals surface area contributed by atoms with Crippen LogP contribution < -0.4 is 4.90 Å². The highest BCUT2D eigenvalue weighted by Gasteiger charge is 2.47. The van der Waals surface area contributed by atoms with Crippen molar-refractivity contribution in [3.63, 3.8) is 0 Å². The van der Waals surface area contributed by atoms with Gasteiger partial charge in [0, 0.05) is 16.9 Å². The molecule has 0 amide bonds. The van der Waals surface area contributed by atoms with Gasteiger partial charge in [-0.2, -0.15) is 0 Å². The second-order valence-electron chi connectivity index (χ2n) is 18.3. The van der Waals surface area contributed by atoms with Crippen LogP contribution in [0.3, 0.4) is 0 Å². The molecule has 70 heavy (non-hydrogen) atoms. The fraction of sp³-hybridized carbons (Fsp3) is 0.0145. The van der Waals surface area contributed by atoms with Crippen molar-refractivity contribution in [2.45, 2.75) is 5.41 Å². The van der Waals surface area contributed by atoms with Gasteiger partial charge in [0.25, 0.3) is 0 Å². The van der Waals surface area contributed by atoms with Crippen LogP contribution in [0.5, 0.6) is 0 Å². The number of hydrogen-bond donors (Lipinski definition) is 0. The van der Waals surface area contributed by atoms with Crippen LogP contribution in [0.4, 0.5) is 17.1 Å². The highest BCUT2D eigenvalue weighted by Crippen LogP contribution is 2.59. The van der Waals surface area contributed by atoms with E-state index in [1.54, 1.807) is 0 Å². The van der Waals surface area contributed by atoms with Crippen molar-refractivity contribution in [3.05, 3.63) is 307 Å². The molecule has 13 rings (SSSR count). The first-order valence-corrected chi connectivity index (χ1v) is 24.2. The molecule has 1 heteroatoms. The molecule has 1 aliphatic rings. The van der Waals surface area contributed by atoms with Gasteiger partial charge >= 0.3 is 0 Å². The Morgan fingerprint density at radius 2 is 0.757 bits per heavy atom. The second-order valence-corrected chi connectivity index (χ2v) is 18.3. The molecule has 0 saturated carbocycles. The summed E-state index contributed by atoms with van der Waals surface area (Å²) in [6, 6.07) is 105. The Labute approximate surface area is 409 Å². The lowest BCUT2D eigenvalue weighted by atomic mass is 9.68. The molecule has 0 saturated heterocycles. The number of benzene rings is 12. The third kappa shape index (κ3) is 6.78. The second kappa shape index (κ2) is 17.2. The summed E-state index contributed by atoms with van der Waals surface area (Å²) in [6.07, 6.45) is 0. The first-order valence-electron chi connectivity index (χ1n) is 24.2. The third-order valence-electron chi connectivity index (χ3n) is 14.6. The Hall–Kier alpha value is -9.04. The summed E-state index contributed by atoms with van der Waals surface area (Å²) in [7, 11) is 0. The highest BCUT2D eigenvalue weighted by molar-refractivity contribution is 6.12. The fourth-order valence-corrected chi connectivity index (χ4v) is 11.4. The van der Waals surface area contributed by atoms with Crippen molar-refractivity contribution in [1.82, 2.24) is 0 Å². The van der Waals surface area contributed by atoms with E-state index in [-0.39, 0.29) is 0 Å². The summed E-state index contributed by atoms with van der Waals surface area (Å²) < 4.78 is 0. The van der Waals surface area contributed by atoms with Gasteiger partial charge in [-0.1, -0.05) is 249 Å². The molecule has 328 valence electrons. The van der Waals surface area contributed by atoms with E-state index >= 15 is 0 Å². The fourth-order valence-electron chi connectivity index (χ4n) is 11.4. The molecule has 12 aromatic carbocycles. The van der Waals surface area contributed by atoms with E-state index in [0.29, 0.717) is 0 Å². The average molecular weight is 890 g/mol. The third-order valence-corrected chi connectivity index (χ3v) is 14.6. The Balaban J connectivity index is 0.990. The van der Waals surface area contributed by atoms with E-state index in [9.17, 15) is 0 Å². The minimum Gasteiger partial charge on any atom is -0.310 e. The molecule has 0 aromatic heterocycles. The Kier molecular flexibility index (Phi) is 10.1. The maximum Gasteiger partial charge on any atom is 0.0714 e. The smallest absolute Gasteiger partial charge is 0.0714 e. The number of nitrogens with zero attached hydrogens (tertiary/aromatic N) is 1. The topological polar surface area (TPSA) is 3.24 Å². The number of hydrogen-bond acceptors (Lipinski definition) is 1. The molecule has 1 nitrogen and oxygen atoms in total. The summed E-state index contributed by atoms with van der Waals surface area (Å²) in [5.74, 6) is 0. The lowest BCUT2D eigenvalue weighted by molar-refractivity contribution is 0.768. The van der Waals surface area contributed by atoms with Crippen molar-refractivity contribution in [2.75, 3.05) is 4.90 Å². The van der Waals surface area contributed by atoms with E-state index in [0.717, 1.165) is 22.6 Å². The standard InChI is InChI=1S/C69H47N/c1-5-19-49(20-6-1)60-45-40-53(47-64(60)50-21-7-2-8-22-50)48-35-41-56(42-36-48)70(57-43-37-52(38-44-57)59-30-17-31-61-58-28-14-13-23-51(58)39-46-62(59)61)67-34-18-33-66-68(67)63-29-15-16-32-65(63)69(66,54-24-9-3-10-25-54)55-26-11-4-12-27-55/h1-47H. The van der Waals surface area contributed by atoms with Gasteiger partial charge in [0.1, 0.15) is 0 Å². The molecule has 0 unspecified atom stereocenters. The summed E-state index contributed by atoms with van der Waals surface area (Å²) in [6.45, 7) is 0. The molecule has 0 heterocycles. The van der Waals surface area contributed by atoms with E-state index in [4.69, 9.17) is 0 Å². The predicted molar refractivity (Wildman–Crippen MR) is 295 cm³/mol. The summed E-state index contributed by atoms with van der Waals surface area (Å²) in [4.78, 5) is 2.47. The lowest BCUT2D eigenvalue weighted by Gasteiger charge is -2.34. The number of rotatable bonds is 9. The van der Waals surface area contributed by atoms with Gasteiger partial charge in [0.2, 0.25) is 0 Å². The lowest BCUT2D eigenvalue weighted by Crippen LogP contribution is -2.28. The molecule has 12 aromatic rings. The monoisotopic (exact) mass is 889 g/mol. The first-order chi connectivity index (χ1) is 34.7. The molecule has 0 bridgehead atoms. The Bertz CT molecular complexity index is 3800. The predicted octanol–water partition coefficient (Wildman–Crippen LogP) is 18.5. The van der Waals surface area contributed by atoms with E-state index < -0.39 is 5.41 Å². The summed E-state index contributed by atoms with van der Waals surface area (Å²) in [5, 5.41) is 5.05. The highest BCUT2D eigenvalue weighted by atomic mass is 15.1. The van der Waals surface area contributed by atoms with Gasteiger partial charge in [-0.05, 0) is 130 Å². The number of anilines is 3. The minimum atomic E-state index is -0.523. The largest absolute Gasteiger partial charge is 0.310 e. The van der Waals surface area contributed by atoms with Crippen LogP contribution in [-0.2, 0) is 5.41 Å². The van der Waals surface area contributed by atoms with Crippen molar-refractivity contribution < 1.29 is 0 Å². The van der Waals surface area contributed by atoms with E-state index in [1.165, 1.54) is 93.9 Å². The molecule has 0 aliphatic heterocycles. The molecule has 0 atom stereocenters. The van der Waals surface area contributed by atoms with Crippen LogP contribution in [0, 0.1) is 0 Å². The quantitative estimate of drug-likeness (QED) is 0.131. The molecular weight excluding hydrogens is 843 g/mol. The minimum absolute atomic E-state index is 0.523. The SMILES string of the molecule is c1ccc(-c2ccc(-c3ccc(N(c4ccc(-c5cccc6c5ccc5ccccc56)cc4)c4cccc5c4-c4ccccc4C5(c4ccccc4)c4ccccc4)cc3)cc2-c2ccccc2)cc1. The van der Waals surface area contributed by atoms with E-state index in [1.807, 2.05) is 0 Å². The van der Waals surface area contributed by atoms with Gasteiger partial charge in [-0.15, -0.1) is 0 Å². The molecular formula is C69H47N. The van der Waals surface area contributed by atoms with Crippen molar-refractivity contribution in [2.24, 2.45) is 0 Å². The summed E-state index contributed by atoms with van der Waals surface area (Å²) in [5.41, 5.74) is 19.9. The van der Waals surface area contributed by atoms with Gasteiger partial charge in [0.15, 0.2) is 0 Å². The summed E-state index contributed by atoms with van der Waals surface area (Å²) >= 11 is 0. The first kappa shape index (κ1) is 41.2. The zero-order valence-electron chi connectivity index (χ0n) is 38.6. The zero-order chi connectivity index (χ0) is 46.4. The van der Waals surface area contributed by atoms with Gasteiger partial charge < -0.3 is 4.90 Å². The van der Waals surface area contributed by atoms with Crippen molar-refractivity contribution in [1.29, 1.82) is 0 Å². The average Bonchev–Trinajstić information content (AvgIpc) is 3.76. The van der Waals surface area contributed by atoms with Crippen LogP contribution in [0.15, 0.2) is 285 Å². The van der Waals surface area contributed by atoms with Crippen molar-refractivity contribution >= 4 is 38.6 Å². The van der Waals surface area contributed by atoms with Crippen LogP contribution >= 0.6 is 0 Å². The van der Waals surface area contributed by atoms with E-state index in [2.05, 4.69) is 290 Å². The van der Waals surface area contributed by atoms with Crippen molar-refractivity contribution in [3.8, 4) is 55.6 Å². The molecule has 0 N–H and O–H groups in total. The maximum absolute atomic E-state index is 2.47. The van der Waals surface area contributed by atoms with Gasteiger partial charge in [0.05, 0.1) is 11.1 Å². The van der Waals surface area contributed by atoms with Crippen LogP contribution in [0.1, 0.15) is 22.3 Å². The molecule has 1 aliphatic carbocycles. The number of fused-ring (bicyclic) bond motifs is 6. The van der Waals surface area contributed by atoms with Crippen LogP contribution in [0.2, 0.25) is 0 Å². The van der Waals surface area contributed by atoms with Crippen LogP contribution in [-0.4, -0.2) is 0 Å². The zero-order valence-corrected chi connectivity index (χ0v) is 38.6. The van der Waals surface area contributed by atoms with Gasteiger partial charge in [-0.25, -0.2) is 0 Å². The van der Waals surface area contributed by atoms with Crippen LogP contribution in [0.25, 0.3) is 77.2 Å².